The summed E-state index contributed by atoms with van der Waals surface area (Å²) >= 11 is 0. The van der Waals surface area contributed by atoms with Crippen molar-refractivity contribution in [1.29, 1.82) is 0 Å². The summed E-state index contributed by atoms with van der Waals surface area (Å²) in [4.78, 5) is 8.95. The molecule has 26 heavy (non-hydrogen) atoms. The zero-order chi connectivity index (χ0) is 18.3. The van der Waals surface area contributed by atoms with Crippen molar-refractivity contribution in [3.63, 3.8) is 0 Å². The Bertz CT molecular complexity index is 378. The number of rotatable bonds is 12. The van der Waals surface area contributed by atoms with E-state index in [-0.39, 0.29) is 7.43 Å². The molecule has 4 nitrogen and oxygen atoms in total. The molecule has 0 fully saturated rings. The number of hydrogen-bond donors (Lipinski definition) is 0. The first-order valence-electron chi connectivity index (χ1n) is 9.93. The molecular formula is C22H42N4. The smallest absolute Gasteiger partial charge is 0.0935 e. The molecule has 2 aliphatic rings. The van der Waals surface area contributed by atoms with Crippen molar-refractivity contribution in [2.45, 2.75) is 66.2 Å². The van der Waals surface area contributed by atoms with E-state index in [4.69, 9.17) is 0 Å². The predicted molar refractivity (Wildman–Crippen MR) is 116 cm³/mol. The lowest BCUT2D eigenvalue weighted by Crippen LogP contribution is -2.22. The number of unbranched alkanes of at least 4 members (excludes halogenated alkanes) is 6. The highest BCUT2D eigenvalue weighted by Crippen LogP contribution is 2.12. The van der Waals surface area contributed by atoms with Crippen LogP contribution in [0.25, 0.3) is 0 Å². The van der Waals surface area contributed by atoms with E-state index < -0.39 is 0 Å². The molecule has 0 aromatic heterocycles. The maximum atomic E-state index is 3.79. The van der Waals surface area contributed by atoms with Gasteiger partial charge in [-0.15, -0.1) is 0 Å². The van der Waals surface area contributed by atoms with Crippen LogP contribution in [0.5, 0.6) is 0 Å². The van der Waals surface area contributed by atoms with Gasteiger partial charge in [-0.25, -0.2) is 0 Å². The Morgan fingerprint density at radius 1 is 0.654 bits per heavy atom. The lowest BCUT2D eigenvalue weighted by molar-refractivity contribution is 0.304. The Morgan fingerprint density at radius 3 is 1.31 bits per heavy atom. The van der Waals surface area contributed by atoms with Crippen LogP contribution in [-0.4, -0.2) is 46.0 Å². The average molecular weight is 363 g/mol. The quantitative estimate of drug-likeness (QED) is 0.409. The SMILES string of the molecule is C.C=CN1C=CN(CCCCCCCCCN2C=CN(C=C)C2)C1.CC. The first-order valence-corrected chi connectivity index (χ1v) is 9.93. The van der Waals surface area contributed by atoms with Crippen LogP contribution in [0.1, 0.15) is 66.2 Å². The molecule has 2 rings (SSSR count). The van der Waals surface area contributed by atoms with E-state index in [9.17, 15) is 0 Å². The first-order chi connectivity index (χ1) is 12.3. The van der Waals surface area contributed by atoms with E-state index in [0.29, 0.717) is 0 Å². The summed E-state index contributed by atoms with van der Waals surface area (Å²) < 4.78 is 0. The van der Waals surface area contributed by atoms with E-state index in [1.54, 1.807) is 0 Å². The fourth-order valence-electron chi connectivity index (χ4n) is 3.01. The second kappa shape index (κ2) is 15.4. The van der Waals surface area contributed by atoms with E-state index >= 15 is 0 Å². The molecule has 0 N–H and O–H groups in total. The largest absolute Gasteiger partial charge is 0.358 e. The third-order valence-corrected chi connectivity index (χ3v) is 4.49. The van der Waals surface area contributed by atoms with E-state index in [0.717, 1.165) is 13.3 Å². The lowest BCUT2D eigenvalue weighted by atomic mass is 10.1. The molecule has 2 aliphatic heterocycles. The molecule has 2 heterocycles. The van der Waals surface area contributed by atoms with Gasteiger partial charge in [0.1, 0.15) is 0 Å². The van der Waals surface area contributed by atoms with Crippen molar-refractivity contribution >= 4 is 0 Å². The highest BCUT2D eigenvalue weighted by Gasteiger charge is 2.09. The summed E-state index contributed by atoms with van der Waals surface area (Å²) in [6.45, 7) is 15.9. The fraction of sp³-hybridized carbons (Fsp3) is 0.636. The minimum atomic E-state index is 0. The van der Waals surface area contributed by atoms with E-state index in [2.05, 4.69) is 57.6 Å². The summed E-state index contributed by atoms with van der Waals surface area (Å²) in [5.41, 5.74) is 0. The molecule has 0 bridgehead atoms. The first kappa shape index (κ1) is 24.2. The Kier molecular flexibility index (Phi) is 14.3. The zero-order valence-corrected chi connectivity index (χ0v) is 16.4. The second-order valence-electron chi connectivity index (χ2n) is 6.37. The predicted octanol–water partition coefficient (Wildman–Crippen LogP) is 5.76. The number of nitrogens with zero attached hydrogens (tertiary/aromatic N) is 4. The van der Waals surface area contributed by atoms with Crippen molar-refractivity contribution in [3.05, 3.63) is 50.4 Å². The van der Waals surface area contributed by atoms with Crippen LogP contribution in [-0.2, 0) is 0 Å². The fourth-order valence-corrected chi connectivity index (χ4v) is 3.01. The van der Waals surface area contributed by atoms with Gasteiger partial charge in [-0.05, 0) is 25.2 Å². The Balaban J connectivity index is 0.00000201. The van der Waals surface area contributed by atoms with Crippen LogP contribution >= 0.6 is 0 Å². The average Bonchev–Trinajstić information content (AvgIpc) is 3.31. The van der Waals surface area contributed by atoms with Crippen molar-refractivity contribution in [1.82, 2.24) is 19.6 Å². The van der Waals surface area contributed by atoms with Crippen molar-refractivity contribution in [2.24, 2.45) is 0 Å². The van der Waals surface area contributed by atoms with Gasteiger partial charge in [-0.2, -0.15) is 0 Å². The lowest BCUT2D eigenvalue weighted by Gasteiger charge is -2.18. The van der Waals surface area contributed by atoms with Gasteiger partial charge in [0, 0.05) is 37.9 Å². The van der Waals surface area contributed by atoms with Gasteiger partial charge in [0.15, 0.2) is 0 Å². The van der Waals surface area contributed by atoms with Gasteiger partial charge in [0.05, 0.1) is 13.3 Å². The van der Waals surface area contributed by atoms with E-state index in [1.807, 2.05) is 26.2 Å². The van der Waals surface area contributed by atoms with Gasteiger partial charge < -0.3 is 19.6 Å². The van der Waals surface area contributed by atoms with Gasteiger partial charge in [-0.1, -0.05) is 66.5 Å². The third-order valence-electron chi connectivity index (χ3n) is 4.49. The van der Waals surface area contributed by atoms with Crippen LogP contribution in [0.2, 0.25) is 0 Å². The minimum absolute atomic E-state index is 0. The van der Waals surface area contributed by atoms with Crippen molar-refractivity contribution < 1.29 is 0 Å². The highest BCUT2D eigenvalue weighted by atomic mass is 15.3. The molecule has 0 unspecified atom stereocenters. The monoisotopic (exact) mass is 362 g/mol. The van der Waals surface area contributed by atoms with E-state index in [1.165, 1.54) is 58.0 Å². The molecule has 0 saturated heterocycles. The molecule has 0 amide bonds. The van der Waals surface area contributed by atoms with Gasteiger partial charge >= 0.3 is 0 Å². The van der Waals surface area contributed by atoms with Gasteiger partial charge in [0.25, 0.3) is 0 Å². The van der Waals surface area contributed by atoms with Crippen LogP contribution in [0.3, 0.4) is 0 Å². The van der Waals surface area contributed by atoms with Crippen LogP contribution in [0.15, 0.2) is 50.4 Å². The molecule has 4 heteroatoms. The summed E-state index contributed by atoms with van der Waals surface area (Å²) in [5, 5.41) is 0. The standard InChI is InChI=1S/C19H32N4.C2H6.CH4/c1-3-20-14-16-22(18-20)12-10-8-6-5-7-9-11-13-23-17-15-21(4-2)19-23;1-2;/h3-4,14-17H,1-2,5-13,18-19H2;1-2H3;1H4. The maximum Gasteiger partial charge on any atom is 0.0935 e. The van der Waals surface area contributed by atoms with Crippen LogP contribution in [0, 0.1) is 0 Å². The van der Waals surface area contributed by atoms with Gasteiger partial charge in [0.2, 0.25) is 0 Å². The molecule has 0 spiro atoms. The maximum absolute atomic E-state index is 3.79. The molecule has 0 atom stereocenters. The topological polar surface area (TPSA) is 13.0 Å². The van der Waals surface area contributed by atoms with Crippen molar-refractivity contribution in [3.8, 4) is 0 Å². The Hall–Kier alpha value is -1.84. The molecule has 0 radical (unpaired) electrons. The molecule has 0 saturated carbocycles. The zero-order valence-electron chi connectivity index (χ0n) is 16.4. The third kappa shape index (κ3) is 9.59. The summed E-state index contributed by atoms with van der Waals surface area (Å²) in [7, 11) is 0. The van der Waals surface area contributed by atoms with Gasteiger partial charge in [-0.3, -0.25) is 0 Å². The van der Waals surface area contributed by atoms with Crippen LogP contribution < -0.4 is 0 Å². The molecular weight excluding hydrogens is 320 g/mol. The highest BCUT2D eigenvalue weighted by molar-refractivity contribution is 4.95. The molecule has 0 aromatic rings. The Morgan fingerprint density at radius 2 is 1.00 bits per heavy atom. The Labute approximate surface area is 163 Å². The summed E-state index contributed by atoms with van der Waals surface area (Å²) in [6.07, 6.45) is 21.7. The minimum Gasteiger partial charge on any atom is -0.358 e. The van der Waals surface area contributed by atoms with Crippen molar-refractivity contribution in [2.75, 3.05) is 26.4 Å². The second-order valence-corrected chi connectivity index (χ2v) is 6.37. The molecule has 0 aliphatic carbocycles. The van der Waals surface area contributed by atoms with Crippen LogP contribution in [0.4, 0.5) is 0 Å². The molecule has 0 aromatic carbocycles. The summed E-state index contributed by atoms with van der Waals surface area (Å²) in [6, 6.07) is 0. The number of hydrogen-bond acceptors (Lipinski definition) is 4. The summed E-state index contributed by atoms with van der Waals surface area (Å²) in [5.74, 6) is 0. The molecule has 150 valence electrons. The normalized spacial score (nSPS) is 15.0.